The number of rotatable bonds is 7. The number of carbonyl (C=O) groups excluding carboxylic acids is 2. The normalized spacial score (nSPS) is 11.4. The summed E-state index contributed by atoms with van der Waals surface area (Å²) in [6.07, 6.45) is -0.0665. The number of hydrogen-bond acceptors (Lipinski definition) is 5. The predicted molar refractivity (Wildman–Crippen MR) is 103 cm³/mol. The molecule has 2 aromatic rings. The summed E-state index contributed by atoms with van der Waals surface area (Å²) in [6.45, 7) is 0. The highest BCUT2D eigenvalue weighted by atomic mass is 35.5. The van der Waals surface area contributed by atoms with Gasteiger partial charge in [0.2, 0.25) is 0 Å². The van der Waals surface area contributed by atoms with Gasteiger partial charge < -0.3 is 19.5 Å². The molecule has 0 radical (unpaired) electrons. The van der Waals surface area contributed by atoms with Gasteiger partial charge in [-0.25, -0.2) is 0 Å². The van der Waals surface area contributed by atoms with Crippen LogP contribution in [0, 0.1) is 0 Å². The first-order valence-corrected chi connectivity index (χ1v) is 8.69. The molecule has 8 heteroatoms. The molecule has 0 bridgehead atoms. The number of nitrogens with one attached hydrogen (secondary N) is 1. The second kappa shape index (κ2) is 9.48. The molecule has 0 aromatic heterocycles. The van der Waals surface area contributed by atoms with Gasteiger partial charge in [-0.1, -0.05) is 29.3 Å². The van der Waals surface area contributed by atoms with Crippen LogP contribution in [0.1, 0.15) is 28.4 Å². The maximum Gasteiger partial charge on any atom is 0.307 e. The van der Waals surface area contributed by atoms with Crippen molar-refractivity contribution in [2.75, 3.05) is 21.3 Å². The van der Waals surface area contributed by atoms with E-state index in [0.717, 1.165) is 0 Å². The van der Waals surface area contributed by atoms with Gasteiger partial charge in [-0.2, -0.15) is 0 Å². The van der Waals surface area contributed by atoms with E-state index in [2.05, 4.69) is 5.32 Å². The Labute approximate surface area is 167 Å². The molecule has 0 aliphatic heterocycles. The molecule has 6 nitrogen and oxygen atoms in total. The zero-order valence-electron chi connectivity index (χ0n) is 15.0. The third kappa shape index (κ3) is 5.28. The predicted octanol–water partition coefficient (Wildman–Crippen LogP) is 4.04. The SMILES string of the molecule is COC(=O)CC(NC(=O)c1ccc(Cl)cc1Cl)c1ccc(OC)c(OC)c1. The number of methoxy groups -OCH3 is 3. The quantitative estimate of drug-likeness (QED) is 0.695. The van der Waals surface area contributed by atoms with Crippen LogP contribution in [0.5, 0.6) is 11.5 Å². The Morgan fingerprint density at radius 1 is 1.00 bits per heavy atom. The molecule has 27 heavy (non-hydrogen) atoms. The largest absolute Gasteiger partial charge is 0.493 e. The molecule has 2 aromatic carbocycles. The van der Waals surface area contributed by atoms with Crippen molar-refractivity contribution in [1.29, 1.82) is 0 Å². The number of amides is 1. The second-order valence-electron chi connectivity index (χ2n) is 5.54. The minimum atomic E-state index is -0.656. The highest BCUT2D eigenvalue weighted by Gasteiger charge is 2.22. The standard InChI is InChI=1S/C19H19Cl2NO5/c1-25-16-7-4-11(8-17(16)26-2)15(10-18(23)27-3)22-19(24)13-6-5-12(20)9-14(13)21/h4-9,15H,10H2,1-3H3,(H,22,24). The summed E-state index contributed by atoms with van der Waals surface area (Å²) in [5.74, 6) is 0.0893. The minimum absolute atomic E-state index is 0.0665. The summed E-state index contributed by atoms with van der Waals surface area (Å²) in [5, 5.41) is 3.43. The number of ether oxygens (including phenoxy) is 3. The first kappa shape index (κ1) is 20.9. The lowest BCUT2D eigenvalue weighted by Gasteiger charge is -2.20. The topological polar surface area (TPSA) is 73.9 Å². The van der Waals surface area contributed by atoms with Crippen LogP contribution >= 0.6 is 23.2 Å². The van der Waals surface area contributed by atoms with Crippen molar-refractivity contribution >= 4 is 35.1 Å². The molecule has 1 unspecified atom stereocenters. The number of halogens is 2. The van der Waals surface area contributed by atoms with Crippen LogP contribution in [-0.4, -0.2) is 33.2 Å². The van der Waals surface area contributed by atoms with Crippen LogP contribution in [0.15, 0.2) is 36.4 Å². The van der Waals surface area contributed by atoms with Gasteiger partial charge >= 0.3 is 5.97 Å². The van der Waals surface area contributed by atoms with Gasteiger partial charge in [-0.3, -0.25) is 9.59 Å². The summed E-state index contributed by atoms with van der Waals surface area (Å²) in [5.41, 5.74) is 0.896. The average Bonchev–Trinajstić information content (AvgIpc) is 2.66. The molecule has 1 atom stereocenters. The molecule has 1 N–H and O–H groups in total. The first-order valence-electron chi connectivity index (χ1n) is 7.94. The van der Waals surface area contributed by atoms with Gasteiger partial charge in [0.1, 0.15) is 0 Å². The van der Waals surface area contributed by atoms with Crippen molar-refractivity contribution < 1.29 is 23.8 Å². The number of benzene rings is 2. The molecule has 2 rings (SSSR count). The fourth-order valence-electron chi connectivity index (χ4n) is 2.48. The Morgan fingerprint density at radius 3 is 2.30 bits per heavy atom. The van der Waals surface area contributed by atoms with Gasteiger partial charge in [-0.05, 0) is 35.9 Å². The molecule has 144 valence electrons. The molecular weight excluding hydrogens is 393 g/mol. The molecule has 0 heterocycles. The molecular formula is C19H19Cl2NO5. The lowest BCUT2D eigenvalue weighted by molar-refractivity contribution is -0.141. The zero-order valence-corrected chi connectivity index (χ0v) is 16.6. The van der Waals surface area contributed by atoms with Crippen LogP contribution in [0.25, 0.3) is 0 Å². The van der Waals surface area contributed by atoms with Crippen molar-refractivity contribution in [3.8, 4) is 11.5 Å². The Balaban J connectivity index is 2.34. The van der Waals surface area contributed by atoms with Crippen LogP contribution < -0.4 is 14.8 Å². The van der Waals surface area contributed by atoms with Crippen LogP contribution in [0.3, 0.4) is 0 Å². The van der Waals surface area contributed by atoms with Crippen LogP contribution in [0.4, 0.5) is 0 Å². The number of hydrogen-bond donors (Lipinski definition) is 1. The minimum Gasteiger partial charge on any atom is -0.493 e. The van der Waals surface area contributed by atoms with E-state index in [-0.39, 0.29) is 17.0 Å². The van der Waals surface area contributed by atoms with Gasteiger partial charge in [0.15, 0.2) is 11.5 Å². The fourth-order valence-corrected chi connectivity index (χ4v) is 2.98. The number of esters is 1. The van der Waals surface area contributed by atoms with Crippen molar-refractivity contribution in [2.24, 2.45) is 0 Å². The van der Waals surface area contributed by atoms with E-state index in [1.165, 1.54) is 33.5 Å². The van der Waals surface area contributed by atoms with E-state index in [0.29, 0.717) is 22.1 Å². The summed E-state index contributed by atoms with van der Waals surface area (Å²) in [4.78, 5) is 24.5. The monoisotopic (exact) mass is 411 g/mol. The van der Waals surface area contributed by atoms with E-state index in [1.54, 1.807) is 24.3 Å². The maximum absolute atomic E-state index is 12.7. The molecule has 1 amide bonds. The third-order valence-corrected chi connectivity index (χ3v) is 4.44. The first-order chi connectivity index (χ1) is 12.9. The van der Waals surface area contributed by atoms with Crippen molar-refractivity contribution in [3.63, 3.8) is 0 Å². The molecule has 0 fully saturated rings. The summed E-state index contributed by atoms with van der Waals surface area (Å²) < 4.78 is 15.2. The summed E-state index contributed by atoms with van der Waals surface area (Å²) in [7, 11) is 4.31. The Hall–Kier alpha value is -2.44. The molecule has 0 saturated carbocycles. The second-order valence-corrected chi connectivity index (χ2v) is 6.39. The Morgan fingerprint density at radius 2 is 1.70 bits per heavy atom. The molecule has 0 spiro atoms. The van der Waals surface area contributed by atoms with Gasteiger partial charge in [-0.15, -0.1) is 0 Å². The summed E-state index contributed by atoms with van der Waals surface area (Å²) >= 11 is 12.0. The smallest absolute Gasteiger partial charge is 0.307 e. The van der Waals surface area contributed by atoms with Gasteiger partial charge in [0.25, 0.3) is 5.91 Å². The van der Waals surface area contributed by atoms with Crippen molar-refractivity contribution in [1.82, 2.24) is 5.32 Å². The summed E-state index contributed by atoms with van der Waals surface area (Å²) in [6, 6.07) is 9.02. The van der Waals surface area contributed by atoms with Crippen molar-refractivity contribution in [3.05, 3.63) is 57.6 Å². The molecule has 0 aliphatic carbocycles. The Bertz CT molecular complexity index is 841. The average molecular weight is 412 g/mol. The maximum atomic E-state index is 12.7. The van der Waals surface area contributed by atoms with Crippen LogP contribution in [-0.2, 0) is 9.53 Å². The molecule has 0 saturated heterocycles. The van der Waals surface area contributed by atoms with E-state index in [4.69, 9.17) is 37.4 Å². The highest BCUT2D eigenvalue weighted by molar-refractivity contribution is 6.36. The number of carbonyl (C=O) groups is 2. The highest BCUT2D eigenvalue weighted by Crippen LogP contribution is 2.31. The zero-order chi connectivity index (χ0) is 20.0. The van der Waals surface area contributed by atoms with Crippen LogP contribution in [0.2, 0.25) is 10.0 Å². The van der Waals surface area contributed by atoms with Gasteiger partial charge in [0, 0.05) is 5.02 Å². The van der Waals surface area contributed by atoms with E-state index in [1.807, 2.05) is 0 Å². The lowest BCUT2D eigenvalue weighted by atomic mass is 10.0. The fraction of sp³-hybridized carbons (Fsp3) is 0.263. The third-order valence-electron chi connectivity index (χ3n) is 3.89. The van der Waals surface area contributed by atoms with E-state index >= 15 is 0 Å². The molecule has 0 aliphatic rings. The lowest BCUT2D eigenvalue weighted by Crippen LogP contribution is -2.30. The van der Waals surface area contributed by atoms with Crippen molar-refractivity contribution in [2.45, 2.75) is 12.5 Å². The Kier molecular flexibility index (Phi) is 7.33. The van der Waals surface area contributed by atoms with E-state index < -0.39 is 17.9 Å². The van der Waals surface area contributed by atoms with Gasteiger partial charge in [0.05, 0.1) is 44.4 Å². The van der Waals surface area contributed by atoms with E-state index in [9.17, 15) is 9.59 Å².